The zero-order chi connectivity index (χ0) is 21.0. The van der Waals surface area contributed by atoms with Crippen molar-refractivity contribution in [2.75, 3.05) is 0 Å². The number of nitrogens with one attached hydrogen (secondary N) is 1. The maximum Gasteiger partial charge on any atom is 0.408 e. The number of alkyl carbamates (subject to hydrolysis) is 1. The van der Waals surface area contributed by atoms with E-state index in [1.54, 1.807) is 32.9 Å². The van der Waals surface area contributed by atoms with Crippen molar-refractivity contribution >= 4 is 23.9 Å². The number of hydrogen-bond donors (Lipinski definition) is 1. The molecule has 3 amide bonds. The summed E-state index contributed by atoms with van der Waals surface area (Å²) in [5.74, 6) is -2.21. The second kappa shape index (κ2) is 6.30. The zero-order valence-electron chi connectivity index (χ0n) is 16.7. The number of rotatable bonds is 3. The summed E-state index contributed by atoms with van der Waals surface area (Å²) in [5, 5.41) is 3.13. The number of amides is 3. The van der Waals surface area contributed by atoms with Crippen molar-refractivity contribution in [2.24, 2.45) is 5.41 Å². The van der Waals surface area contributed by atoms with E-state index < -0.39 is 35.0 Å². The Morgan fingerprint density at radius 2 is 1.59 bits per heavy atom. The molecule has 29 heavy (non-hydrogen) atoms. The standard InChI is InChI=1S/C21H24N2O6/c1-19(2,3)28-18(27)22-21(11-20(12-21)9-6-10-20)17(26)29-23-15(24)13-7-4-5-8-14(13)16(23)25/h4-5,7-8H,6,9-12H2,1-3H3,(H,22,27). The molecule has 0 saturated heterocycles. The van der Waals surface area contributed by atoms with Gasteiger partial charge in [0.05, 0.1) is 11.1 Å². The predicted molar refractivity (Wildman–Crippen MR) is 101 cm³/mol. The fourth-order valence-electron chi connectivity index (χ4n) is 4.46. The molecule has 0 radical (unpaired) electrons. The minimum absolute atomic E-state index is 0.00994. The van der Waals surface area contributed by atoms with Gasteiger partial charge in [-0.25, -0.2) is 9.59 Å². The highest BCUT2D eigenvalue weighted by Gasteiger charge is 2.63. The molecule has 1 aliphatic heterocycles. The largest absolute Gasteiger partial charge is 0.444 e. The fraction of sp³-hybridized carbons (Fsp3) is 0.524. The first kappa shape index (κ1) is 19.4. The number of carbonyl (C=O) groups excluding carboxylic acids is 4. The Balaban J connectivity index is 1.51. The van der Waals surface area contributed by atoms with Crippen LogP contribution in [0.1, 0.15) is 73.6 Å². The highest BCUT2D eigenvalue weighted by Crippen LogP contribution is 2.60. The Labute approximate surface area is 168 Å². The lowest BCUT2D eigenvalue weighted by Gasteiger charge is -2.59. The van der Waals surface area contributed by atoms with Gasteiger partial charge < -0.3 is 14.9 Å². The number of carbonyl (C=O) groups is 4. The molecule has 8 heteroatoms. The number of hydroxylamine groups is 2. The minimum atomic E-state index is -1.31. The van der Waals surface area contributed by atoms with Crippen LogP contribution in [-0.2, 0) is 14.4 Å². The maximum atomic E-state index is 13.0. The van der Waals surface area contributed by atoms with E-state index in [2.05, 4.69) is 5.32 Å². The molecule has 1 spiro atoms. The zero-order valence-corrected chi connectivity index (χ0v) is 16.7. The van der Waals surface area contributed by atoms with Gasteiger partial charge in [-0.1, -0.05) is 23.6 Å². The highest BCUT2D eigenvalue weighted by molar-refractivity contribution is 6.21. The Morgan fingerprint density at radius 3 is 2.03 bits per heavy atom. The van der Waals surface area contributed by atoms with E-state index in [9.17, 15) is 19.2 Å². The van der Waals surface area contributed by atoms with Gasteiger partial charge in [0.2, 0.25) is 0 Å². The topological polar surface area (TPSA) is 102 Å². The number of ether oxygens (including phenoxy) is 1. The molecule has 2 saturated carbocycles. The van der Waals surface area contributed by atoms with E-state index in [0.717, 1.165) is 19.3 Å². The smallest absolute Gasteiger partial charge is 0.408 e. The predicted octanol–water partition coefficient (Wildman–Crippen LogP) is 2.97. The van der Waals surface area contributed by atoms with Crippen LogP contribution in [0.15, 0.2) is 24.3 Å². The van der Waals surface area contributed by atoms with E-state index in [1.165, 1.54) is 12.1 Å². The number of benzene rings is 1. The van der Waals surface area contributed by atoms with Crippen molar-refractivity contribution in [3.63, 3.8) is 0 Å². The lowest BCUT2D eigenvalue weighted by Crippen LogP contribution is -2.69. The average molecular weight is 400 g/mol. The minimum Gasteiger partial charge on any atom is -0.444 e. The second-order valence-electron chi connectivity index (χ2n) is 9.25. The molecule has 2 aliphatic carbocycles. The molecule has 154 valence electrons. The van der Waals surface area contributed by atoms with Crippen molar-refractivity contribution in [2.45, 2.75) is 64.0 Å². The van der Waals surface area contributed by atoms with Gasteiger partial charge in [-0.15, -0.1) is 0 Å². The van der Waals surface area contributed by atoms with Crippen LogP contribution >= 0.6 is 0 Å². The summed E-state index contributed by atoms with van der Waals surface area (Å²) in [6.07, 6.45) is 3.11. The van der Waals surface area contributed by atoms with Crippen LogP contribution in [0.3, 0.4) is 0 Å². The lowest BCUT2D eigenvalue weighted by atomic mass is 9.48. The van der Waals surface area contributed by atoms with Gasteiger partial charge in [0.25, 0.3) is 11.8 Å². The lowest BCUT2D eigenvalue weighted by molar-refractivity contribution is -0.192. The Morgan fingerprint density at radius 1 is 1.03 bits per heavy atom. The summed E-state index contributed by atoms with van der Waals surface area (Å²) in [7, 11) is 0. The SMILES string of the molecule is CC(C)(C)OC(=O)NC1(C(=O)ON2C(=O)c3ccccc3C2=O)CC2(CCC2)C1. The Bertz CT molecular complexity index is 869. The summed E-state index contributed by atoms with van der Waals surface area (Å²) in [6.45, 7) is 5.18. The first-order valence-electron chi connectivity index (χ1n) is 9.76. The van der Waals surface area contributed by atoms with Crippen molar-refractivity contribution in [3.8, 4) is 0 Å². The molecule has 1 aromatic carbocycles. The normalized spacial score (nSPS) is 21.1. The summed E-state index contributed by atoms with van der Waals surface area (Å²) >= 11 is 0. The molecule has 1 aromatic rings. The number of nitrogens with zero attached hydrogens (tertiary/aromatic N) is 1. The molecular formula is C21H24N2O6. The molecule has 1 N–H and O–H groups in total. The van der Waals surface area contributed by atoms with Gasteiger partial charge in [0.1, 0.15) is 11.1 Å². The monoisotopic (exact) mass is 400 g/mol. The van der Waals surface area contributed by atoms with Crippen molar-refractivity contribution in [3.05, 3.63) is 35.4 Å². The third-order valence-corrected chi connectivity index (χ3v) is 5.83. The van der Waals surface area contributed by atoms with Crippen molar-refractivity contribution in [1.29, 1.82) is 0 Å². The third kappa shape index (κ3) is 3.26. The summed E-state index contributed by atoms with van der Waals surface area (Å²) in [5.41, 5.74) is -1.66. The highest BCUT2D eigenvalue weighted by atomic mass is 16.7. The summed E-state index contributed by atoms with van der Waals surface area (Å²) in [6, 6.07) is 6.27. The molecule has 0 bridgehead atoms. The summed E-state index contributed by atoms with van der Waals surface area (Å²) in [4.78, 5) is 55.6. The van der Waals surface area contributed by atoms with Crippen LogP contribution in [0.2, 0.25) is 0 Å². The van der Waals surface area contributed by atoms with E-state index in [-0.39, 0.29) is 16.5 Å². The van der Waals surface area contributed by atoms with Crippen LogP contribution < -0.4 is 5.32 Å². The molecule has 0 aromatic heterocycles. The number of imide groups is 1. The van der Waals surface area contributed by atoms with E-state index in [0.29, 0.717) is 17.9 Å². The van der Waals surface area contributed by atoms with E-state index in [1.807, 2.05) is 0 Å². The van der Waals surface area contributed by atoms with Crippen LogP contribution in [0.4, 0.5) is 4.79 Å². The van der Waals surface area contributed by atoms with Gasteiger partial charge in [-0.3, -0.25) is 9.59 Å². The molecule has 4 rings (SSSR count). The average Bonchev–Trinajstić information content (AvgIpc) is 2.80. The van der Waals surface area contributed by atoms with Gasteiger partial charge in [0, 0.05) is 0 Å². The Kier molecular flexibility index (Phi) is 4.22. The van der Waals surface area contributed by atoms with E-state index >= 15 is 0 Å². The van der Waals surface area contributed by atoms with Crippen LogP contribution in [0, 0.1) is 5.41 Å². The number of hydrogen-bond acceptors (Lipinski definition) is 6. The van der Waals surface area contributed by atoms with Crippen LogP contribution in [0.25, 0.3) is 0 Å². The quantitative estimate of drug-likeness (QED) is 0.783. The molecular weight excluding hydrogens is 376 g/mol. The maximum absolute atomic E-state index is 13.0. The molecule has 0 unspecified atom stereocenters. The summed E-state index contributed by atoms with van der Waals surface area (Å²) < 4.78 is 5.30. The fourth-order valence-corrected chi connectivity index (χ4v) is 4.46. The van der Waals surface area contributed by atoms with Crippen LogP contribution in [-0.4, -0.2) is 40.1 Å². The molecule has 8 nitrogen and oxygen atoms in total. The number of fused-ring (bicyclic) bond motifs is 1. The van der Waals surface area contributed by atoms with Crippen LogP contribution in [0.5, 0.6) is 0 Å². The van der Waals surface area contributed by atoms with E-state index in [4.69, 9.17) is 9.57 Å². The van der Waals surface area contributed by atoms with Crippen molar-refractivity contribution < 1.29 is 28.8 Å². The molecule has 1 heterocycles. The first-order valence-corrected chi connectivity index (χ1v) is 9.76. The van der Waals surface area contributed by atoms with Gasteiger partial charge in [0.15, 0.2) is 0 Å². The molecule has 3 aliphatic rings. The van der Waals surface area contributed by atoms with Gasteiger partial charge in [-0.05, 0) is 64.0 Å². The van der Waals surface area contributed by atoms with Gasteiger partial charge >= 0.3 is 12.1 Å². The molecule has 0 atom stereocenters. The Hall–Kier alpha value is -2.90. The third-order valence-electron chi connectivity index (χ3n) is 5.83. The van der Waals surface area contributed by atoms with Gasteiger partial charge in [-0.2, -0.15) is 0 Å². The van der Waals surface area contributed by atoms with Crippen molar-refractivity contribution in [1.82, 2.24) is 10.4 Å². The molecule has 2 fully saturated rings. The second-order valence-corrected chi connectivity index (χ2v) is 9.25. The first-order chi connectivity index (χ1) is 13.5.